The average molecular weight is 299 g/mol. The van der Waals surface area contributed by atoms with Crippen LogP contribution in [0, 0.1) is 5.92 Å². The molecule has 1 aromatic heterocycles. The van der Waals surface area contributed by atoms with Crippen LogP contribution in [0.4, 0.5) is 0 Å². The van der Waals surface area contributed by atoms with Crippen molar-refractivity contribution in [3.63, 3.8) is 0 Å². The van der Waals surface area contributed by atoms with Gasteiger partial charge in [-0.15, -0.1) is 11.3 Å². The number of benzene rings is 1. The van der Waals surface area contributed by atoms with Gasteiger partial charge < -0.3 is 5.32 Å². The molecule has 0 radical (unpaired) electrons. The normalized spacial score (nSPS) is 22.9. The SMILES string of the molecule is CC1CCCC(NCc2cc(-c3ccccc3)cs2)CC1. The van der Waals surface area contributed by atoms with E-state index >= 15 is 0 Å². The van der Waals surface area contributed by atoms with E-state index in [0.29, 0.717) is 0 Å². The molecule has 1 aliphatic rings. The zero-order valence-corrected chi connectivity index (χ0v) is 13.7. The van der Waals surface area contributed by atoms with Gasteiger partial charge in [0.05, 0.1) is 0 Å². The molecular weight excluding hydrogens is 274 g/mol. The molecule has 0 spiro atoms. The Kier molecular flexibility index (Phi) is 5.10. The van der Waals surface area contributed by atoms with Crippen molar-refractivity contribution < 1.29 is 0 Å². The Balaban J connectivity index is 1.55. The maximum absolute atomic E-state index is 3.77. The van der Waals surface area contributed by atoms with Crippen LogP contribution < -0.4 is 5.32 Å². The van der Waals surface area contributed by atoms with E-state index in [-0.39, 0.29) is 0 Å². The van der Waals surface area contributed by atoms with Crippen molar-refractivity contribution in [1.82, 2.24) is 5.32 Å². The molecule has 1 saturated carbocycles. The Labute approximate surface area is 132 Å². The van der Waals surface area contributed by atoms with Crippen LogP contribution in [-0.2, 0) is 6.54 Å². The molecule has 0 aliphatic heterocycles. The lowest BCUT2D eigenvalue weighted by atomic mass is 10.0. The van der Waals surface area contributed by atoms with Crippen LogP contribution in [0.3, 0.4) is 0 Å². The van der Waals surface area contributed by atoms with E-state index in [1.54, 1.807) is 0 Å². The second-order valence-corrected chi connectivity index (χ2v) is 7.35. The van der Waals surface area contributed by atoms with Gasteiger partial charge in [-0.3, -0.25) is 0 Å². The van der Waals surface area contributed by atoms with Crippen molar-refractivity contribution >= 4 is 11.3 Å². The Morgan fingerprint density at radius 3 is 2.76 bits per heavy atom. The summed E-state index contributed by atoms with van der Waals surface area (Å²) >= 11 is 1.88. The highest BCUT2D eigenvalue weighted by atomic mass is 32.1. The van der Waals surface area contributed by atoms with Gasteiger partial charge in [0.15, 0.2) is 0 Å². The number of nitrogens with one attached hydrogen (secondary N) is 1. The summed E-state index contributed by atoms with van der Waals surface area (Å²) in [6.45, 7) is 3.42. The van der Waals surface area contributed by atoms with Crippen molar-refractivity contribution in [2.75, 3.05) is 0 Å². The van der Waals surface area contributed by atoms with Crippen LogP contribution in [0.15, 0.2) is 41.8 Å². The maximum Gasteiger partial charge on any atom is 0.0302 e. The molecule has 1 nitrogen and oxygen atoms in total. The summed E-state index contributed by atoms with van der Waals surface area (Å²) in [6, 6.07) is 13.7. The predicted molar refractivity (Wildman–Crippen MR) is 92.6 cm³/mol. The summed E-state index contributed by atoms with van der Waals surface area (Å²) in [4.78, 5) is 1.45. The van der Waals surface area contributed by atoms with Crippen LogP contribution >= 0.6 is 11.3 Å². The first kappa shape index (κ1) is 14.8. The molecule has 1 N–H and O–H groups in total. The minimum atomic E-state index is 0.720. The second-order valence-electron chi connectivity index (χ2n) is 6.36. The summed E-state index contributed by atoms with van der Waals surface area (Å²) in [5.74, 6) is 0.920. The van der Waals surface area contributed by atoms with Crippen molar-refractivity contribution in [2.24, 2.45) is 5.92 Å². The minimum Gasteiger partial charge on any atom is -0.309 e. The lowest BCUT2D eigenvalue weighted by Crippen LogP contribution is -2.27. The molecule has 1 heterocycles. The monoisotopic (exact) mass is 299 g/mol. The molecular formula is C19H25NS. The summed E-state index contributed by atoms with van der Waals surface area (Å²) < 4.78 is 0. The molecule has 21 heavy (non-hydrogen) atoms. The molecule has 0 saturated heterocycles. The van der Waals surface area contributed by atoms with E-state index in [0.717, 1.165) is 18.5 Å². The summed E-state index contributed by atoms with van der Waals surface area (Å²) in [7, 11) is 0. The molecule has 3 rings (SSSR count). The third-order valence-corrected chi connectivity index (χ3v) is 5.52. The van der Waals surface area contributed by atoms with Gasteiger partial charge >= 0.3 is 0 Å². The minimum absolute atomic E-state index is 0.720. The lowest BCUT2D eigenvalue weighted by molar-refractivity contribution is 0.449. The molecule has 1 aliphatic carbocycles. The van der Waals surface area contributed by atoms with E-state index in [9.17, 15) is 0 Å². The zero-order valence-electron chi connectivity index (χ0n) is 12.8. The quantitative estimate of drug-likeness (QED) is 0.738. The van der Waals surface area contributed by atoms with Crippen molar-refractivity contribution in [2.45, 2.75) is 51.6 Å². The molecule has 2 atom stereocenters. The van der Waals surface area contributed by atoms with E-state index < -0.39 is 0 Å². The number of hydrogen-bond donors (Lipinski definition) is 1. The molecule has 0 bridgehead atoms. The smallest absolute Gasteiger partial charge is 0.0302 e. The van der Waals surface area contributed by atoms with Crippen LogP contribution in [-0.4, -0.2) is 6.04 Å². The van der Waals surface area contributed by atoms with Crippen molar-refractivity contribution in [3.05, 3.63) is 46.7 Å². The average Bonchev–Trinajstić information content (AvgIpc) is 2.90. The molecule has 2 heteroatoms. The Morgan fingerprint density at radius 1 is 1.05 bits per heavy atom. The maximum atomic E-state index is 3.77. The summed E-state index contributed by atoms with van der Waals surface area (Å²) in [5.41, 5.74) is 2.68. The Morgan fingerprint density at radius 2 is 1.90 bits per heavy atom. The van der Waals surface area contributed by atoms with Crippen LogP contribution in [0.1, 0.15) is 43.9 Å². The molecule has 1 fully saturated rings. The van der Waals surface area contributed by atoms with E-state index in [1.165, 1.54) is 48.1 Å². The fourth-order valence-corrected chi connectivity index (χ4v) is 4.04. The fourth-order valence-electron chi connectivity index (χ4n) is 3.19. The standard InChI is InChI=1S/C19H25NS/c1-15-6-5-9-18(11-10-15)20-13-19-12-17(14-21-19)16-7-3-2-4-8-16/h2-4,7-8,12,14-15,18,20H,5-6,9-11,13H2,1H3. The molecule has 0 amide bonds. The fraction of sp³-hybridized carbons (Fsp3) is 0.474. The zero-order chi connectivity index (χ0) is 14.5. The second kappa shape index (κ2) is 7.24. The van der Waals surface area contributed by atoms with Gasteiger partial charge in [0.2, 0.25) is 0 Å². The largest absolute Gasteiger partial charge is 0.309 e. The molecule has 2 aromatic rings. The van der Waals surface area contributed by atoms with E-state index in [2.05, 4.69) is 54.0 Å². The van der Waals surface area contributed by atoms with Gasteiger partial charge in [-0.1, -0.05) is 50.1 Å². The number of hydrogen-bond acceptors (Lipinski definition) is 2. The third kappa shape index (κ3) is 4.18. The molecule has 112 valence electrons. The van der Waals surface area contributed by atoms with E-state index in [4.69, 9.17) is 0 Å². The van der Waals surface area contributed by atoms with Gasteiger partial charge in [-0.2, -0.15) is 0 Å². The van der Waals surface area contributed by atoms with Crippen molar-refractivity contribution in [3.8, 4) is 11.1 Å². The highest BCUT2D eigenvalue weighted by Gasteiger charge is 2.15. The Hall–Kier alpha value is -1.12. The van der Waals surface area contributed by atoms with Crippen LogP contribution in [0.2, 0.25) is 0 Å². The first-order chi connectivity index (χ1) is 10.3. The number of thiophene rings is 1. The molecule has 1 aromatic carbocycles. The van der Waals surface area contributed by atoms with Gasteiger partial charge in [-0.05, 0) is 47.8 Å². The molecule has 2 unspecified atom stereocenters. The first-order valence-electron chi connectivity index (χ1n) is 8.17. The highest BCUT2D eigenvalue weighted by molar-refractivity contribution is 7.10. The summed E-state index contributed by atoms with van der Waals surface area (Å²) in [6.07, 6.45) is 6.88. The highest BCUT2D eigenvalue weighted by Crippen LogP contribution is 2.26. The van der Waals surface area contributed by atoms with Crippen LogP contribution in [0.25, 0.3) is 11.1 Å². The summed E-state index contributed by atoms with van der Waals surface area (Å²) in [5, 5.41) is 6.05. The Bertz CT molecular complexity index is 546. The lowest BCUT2D eigenvalue weighted by Gasteiger charge is -2.15. The third-order valence-electron chi connectivity index (χ3n) is 4.58. The van der Waals surface area contributed by atoms with Gasteiger partial charge in [0.1, 0.15) is 0 Å². The number of rotatable bonds is 4. The van der Waals surface area contributed by atoms with Gasteiger partial charge in [-0.25, -0.2) is 0 Å². The predicted octanol–water partition coefficient (Wildman–Crippen LogP) is 5.47. The van der Waals surface area contributed by atoms with E-state index in [1.807, 2.05) is 11.3 Å². The topological polar surface area (TPSA) is 12.0 Å². The van der Waals surface area contributed by atoms with Gasteiger partial charge in [0, 0.05) is 17.5 Å². The van der Waals surface area contributed by atoms with Crippen LogP contribution in [0.5, 0.6) is 0 Å². The van der Waals surface area contributed by atoms with Crippen molar-refractivity contribution in [1.29, 1.82) is 0 Å². The first-order valence-corrected chi connectivity index (χ1v) is 9.05. The van der Waals surface area contributed by atoms with Gasteiger partial charge in [0.25, 0.3) is 0 Å².